The summed E-state index contributed by atoms with van der Waals surface area (Å²) in [7, 11) is 4.06. The van der Waals surface area contributed by atoms with E-state index in [4.69, 9.17) is 4.74 Å². The zero-order valence-corrected chi connectivity index (χ0v) is 16.4. The Balaban J connectivity index is 1.47. The summed E-state index contributed by atoms with van der Waals surface area (Å²) in [6.45, 7) is 2.18. The number of amides is 1. The third-order valence-corrected chi connectivity index (χ3v) is 5.43. The number of carbonyl (C=O) groups excluding carboxylic acids is 1. The van der Waals surface area contributed by atoms with E-state index in [0.717, 1.165) is 30.0 Å². The van der Waals surface area contributed by atoms with Crippen LogP contribution in [0.5, 0.6) is 5.75 Å². The van der Waals surface area contributed by atoms with Crippen LogP contribution in [-0.4, -0.2) is 48.9 Å². The fourth-order valence-electron chi connectivity index (χ4n) is 3.58. The molecular weight excluding hydrogens is 336 g/mol. The molecule has 0 unspecified atom stereocenters. The van der Waals surface area contributed by atoms with Gasteiger partial charge in [0.05, 0.1) is 0 Å². The van der Waals surface area contributed by atoms with Crippen molar-refractivity contribution in [3.05, 3.63) is 65.7 Å². The van der Waals surface area contributed by atoms with Gasteiger partial charge in [-0.15, -0.1) is 0 Å². The largest absolute Gasteiger partial charge is 0.489 e. The van der Waals surface area contributed by atoms with Crippen molar-refractivity contribution in [3.8, 4) is 5.75 Å². The lowest BCUT2D eigenvalue weighted by Crippen LogP contribution is -2.38. The van der Waals surface area contributed by atoms with E-state index in [1.807, 2.05) is 66.5 Å². The van der Waals surface area contributed by atoms with E-state index in [1.165, 1.54) is 25.7 Å². The van der Waals surface area contributed by atoms with Gasteiger partial charge in [0.2, 0.25) is 0 Å². The summed E-state index contributed by atoms with van der Waals surface area (Å²) in [5, 5.41) is 0. The first kappa shape index (κ1) is 19.4. The van der Waals surface area contributed by atoms with Gasteiger partial charge < -0.3 is 14.5 Å². The van der Waals surface area contributed by atoms with Crippen LogP contribution >= 0.6 is 0 Å². The van der Waals surface area contributed by atoms with E-state index in [-0.39, 0.29) is 5.91 Å². The second kappa shape index (κ2) is 9.56. The van der Waals surface area contributed by atoms with E-state index in [2.05, 4.69) is 11.9 Å². The molecule has 1 aliphatic rings. The lowest BCUT2D eigenvalue weighted by atomic mass is 10.1. The molecule has 4 nitrogen and oxygen atoms in total. The third kappa shape index (κ3) is 5.57. The molecule has 0 atom stereocenters. The Kier molecular flexibility index (Phi) is 6.88. The smallest absolute Gasteiger partial charge is 0.253 e. The van der Waals surface area contributed by atoms with Crippen molar-refractivity contribution in [2.24, 2.45) is 0 Å². The van der Waals surface area contributed by atoms with Crippen molar-refractivity contribution in [2.75, 3.05) is 27.2 Å². The van der Waals surface area contributed by atoms with E-state index in [0.29, 0.717) is 12.6 Å². The normalized spacial score (nSPS) is 14.5. The number of carbonyl (C=O) groups is 1. The Hall–Kier alpha value is -2.33. The first-order chi connectivity index (χ1) is 13.1. The molecule has 0 heterocycles. The van der Waals surface area contributed by atoms with Gasteiger partial charge in [0.25, 0.3) is 5.91 Å². The summed E-state index contributed by atoms with van der Waals surface area (Å²) in [6.07, 6.45) is 5.26. The number of para-hydroxylation sites is 1. The van der Waals surface area contributed by atoms with E-state index < -0.39 is 0 Å². The van der Waals surface area contributed by atoms with Crippen LogP contribution in [0.25, 0.3) is 0 Å². The maximum atomic E-state index is 12.6. The molecule has 27 heavy (non-hydrogen) atoms. The second-order valence-electron chi connectivity index (χ2n) is 7.44. The van der Waals surface area contributed by atoms with Crippen molar-refractivity contribution in [1.29, 1.82) is 0 Å². The van der Waals surface area contributed by atoms with Crippen molar-refractivity contribution in [2.45, 2.75) is 38.3 Å². The fraction of sp³-hybridized carbons (Fsp3) is 0.435. The summed E-state index contributed by atoms with van der Waals surface area (Å²) in [5.41, 5.74) is 1.78. The SMILES string of the molecule is CN(CCN(C)C1CCCC1)C(=O)c1ccc(COc2ccccc2)cc1. The molecule has 0 aliphatic heterocycles. The summed E-state index contributed by atoms with van der Waals surface area (Å²) in [5.74, 6) is 0.925. The molecule has 2 aromatic rings. The maximum absolute atomic E-state index is 12.6. The van der Waals surface area contributed by atoms with E-state index in [9.17, 15) is 4.79 Å². The molecule has 2 aromatic carbocycles. The van der Waals surface area contributed by atoms with E-state index >= 15 is 0 Å². The highest BCUT2D eigenvalue weighted by atomic mass is 16.5. The molecule has 0 radical (unpaired) electrons. The molecule has 1 fully saturated rings. The van der Waals surface area contributed by atoms with Crippen LogP contribution in [0.15, 0.2) is 54.6 Å². The topological polar surface area (TPSA) is 32.8 Å². The maximum Gasteiger partial charge on any atom is 0.253 e. The van der Waals surface area contributed by atoms with E-state index in [1.54, 1.807) is 0 Å². The Morgan fingerprint density at radius 1 is 0.963 bits per heavy atom. The highest BCUT2D eigenvalue weighted by molar-refractivity contribution is 5.94. The lowest BCUT2D eigenvalue weighted by Gasteiger charge is -2.26. The van der Waals surface area contributed by atoms with Crippen molar-refractivity contribution in [1.82, 2.24) is 9.80 Å². The molecule has 0 aromatic heterocycles. The number of hydrogen-bond acceptors (Lipinski definition) is 3. The van der Waals surface area contributed by atoms with Crippen LogP contribution in [0.4, 0.5) is 0 Å². The summed E-state index contributed by atoms with van der Waals surface area (Å²) in [4.78, 5) is 16.9. The number of likely N-dealkylation sites (N-methyl/N-ethyl adjacent to an activating group) is 2. The Morgan fingerprint density at radius 3 is 2.30 bits per heavy atom. The lowest BCUT2D eigenvalue weighted by molar-refractivity contribution is 0.0774. The van der Waals surface area contributed by atoms with Crippen LogP contribution in [0.2, 0.25) is 0 Å². The first-order valence-corrected chi connectivity index (χ1v) is 9.86. The molecule has 1 amide bonds. The van der Waals surface area contributed by atoms with Gasteiger partial charge in [-0.1, -0.05) is 43.2 Å². The molecule has 1 aliphatic carbocycles. The number of nitrogens with zero attached hydrogens (tertiary/aromatic N) is 2. The molecule has 4 heteroatoms. The molecule has 0 saturated heterocycles. The molecule has 144 valence electrons. The fourth-order valence-corrected chi connectivity index (χ4v) is 3.58. The molecule has 3 rings (SSSR count). The van der Waals surface area contributed by atoms with Gasteiger partial charge in [0.15, 0.2) is 0 Å². The predicted octanol–water partition coefficient (Wildman–Crippen LogP) is 4.21. The average molecular weight is 367 g/mol. The van der Waals surface area contributed by atoms with Crippen LogP contribution in [0.3, 0.4) is 0 Å². The molecule has 0 spiro atoms. The summed E-state index contributed by atoms with van der Waals surface area (Å²) < 4.78 is 5.75. The minimum atomic E-state index is 0.0744. The summed E-state index contributed by atoms with van der Waals surface area (Å²) >= 11 is 0. The predicted molar refractivity (Wildman–Crippen MR) is 109 cm³/mol. The van der Waals surface area contributed by atoms with Gasteiger partial charge in [-0.25, -0.2) is 0 Å². The molecule has 0 N–H and O–H groups in total. The van der Waals surface area contributed by atoms with Crippen LogP contribution in [-0.2, 0) is 6.61 Å². The zero-order valence-electron chi connectivity index (χ0n) is 16.4. The highest BCUT2D eigenvalue weighted by Gasteiger charge is 2.20. The van der Waals surface area contributed by atoms with Gasteiger partial charge in [-0.2, -0.15) is 0 Å². The Morgan fingerprint density at radius 2 is 1.63 bits per heavy atom. The van der Waals surface area contributed by atoms with Gasteiger partial charge >= 0.3 is 0 Å². The monoisotopic (exact) mass is 366 g/mol. The van der Waals surface area contributed by atoms with Gasteiger partial charge in [-0.3, -0.25) is 4.79 Å². The second-order valence-corrected chi connectivity index (χ2v) is 7.44. The van der Waals surface area contributed by atoms with Crippen molar-refractivity contribution >= 4 is 5.91 Å². The standard InChI is InChI=1S/C23H30N2O2/c1-24(21-8-6-7-9-21)16-17-25(2)23(26)20-14-12-19(13-15-20)18-27-22-10-4-3-5-11-22/h3-5,10-15,21H,6-9,16-18H2,1-2H3. The molecule has 0 bridgehead atoms. The quantitative estimate of drug-likeness (QED) is 0.701. The zero-order chi connectivity index (χ0) is 19.1. The van der Waals surface area contributed by atoms with Crippen LogP contribution in [0.1, 0.15) is 41.6 Å². The van der Waals surface area contributed by atoms with Crippen molar-refractivity contribution in [3.63, 3.8) is 0 Å². The Labute approximate surface area is 162 Å². The number of hydrogen-bond donors (Lipinski definition) is 0. The minimum Gasteiger partial charge on any atom is -0.489 e. The van der Waals surface area contributed by atoms with Gasteiger partial charge in [0, 0.05) is 31.7 Å². The van der Waals surface area contributed by atoms with Crippen LogP contribution < -0.4 is 4.74 Å². The summed E-state index contributed by atoms with van der Waals surface area (Å²) in [6, 6.07) is 18.2. The first-order valence-electron chi connectivity index (χ1n) is 9.86. The van der Waals surface area contributed by atoms with Crippen molar-refractivity contribution < 1.29 is 9.53 Å². The van der Waals surface area contributed by atoms with Gasteiger partial charge in [-0.05, 0) is 49.7 Å². The molecular formula is C23H30N2O2. The number of ether oxygens (including phenoxy) is 1. The number of rotatable bonds is 8. The molecule has 1 saturated carbocycles. The minimum absolute atomic E-state index is 0.0744. The highest BCUT2D eigenvalue weighted by Crippen LogP contribution is 2.22. The third-order valence-electron chi connectivity index (χ3n) is 5.43. The Bertz CT molecular complexity index is 709. The average Bonchev–Trinajstić information content (AvgIpc) is 3.26. The van der Waals surface area contributed by atoms with Crippen LogP contribution in [0, 0.1) is 0 Å². The number of benzene rings is 2. The van der Waals surface area contributed by atoms with Gasteiger partial charge in [0.1, 0.15) is 12.4 Å².